The summed E-state index contributed by atoms with van der Waals surface area (Å²) in [4.78, 5) is 14.9. The lowest BCUT2D eigenvalue weighted by Crippen LogP contribution is -2.37. The number of ether oxygens (including phenoxy) is 1. The number of rotatable bonds is 3. The number of amides is 1. The van der Waals surface area contributed by atoms with Crippen molar-refractivity contribution >= 4 is 17.3 Å². The topological polar surface area (TPSA) is 41.6 Å². The van der Waals surface area contributed by atoms with E-state index >= 15 is 0 Å². The molecule has 26 heavy (non-hydrogen) atoms. The van der Waals surface area contributed by atoms with E-state index in [4.69, 9.17) is 4.74 Å². The third kappa shape index (κ3) is 3.99. The standard InChI is InChI=1S/C19H19F3N2O2/c1-13-3-2-4-16(24-9-11-26-12-10-24)17(13)18(25)23-15-7-5-14(6-8-15)19(20,21)22/h2-8H,9-12H2,1H3,(H,23,25). The van der Waals surface area contributed by atoms with Crippen LogP contribution in [0.25, 0.3) is 0 Å². The molecule has 0 atom stereocenters. The quantitative estimate of drug-likeness (QED) is 0.892. The molecule has 0 saturated carbocycles. The zero-order valence-corrected chi connectivity index (χ0v) is 14.3. The molecule has 1 saturated heterocycles. The molecule has 2 aromatic rings. The van der Waals surface area contributed by atoms with Crippen molar-refractivity contribution in [3.8, 4) is 0 Å². The predicted octanol–water partition coefficient (Wildman–Crippen LogP) is 4.10. The Labute approximate surface area is 149 Å². The van der Waals surface area contributed by atoms with E-state index < -0.39 is 11.7 Å². The molecule has 1 heterocycles. The smallest absolute Gasteiger partial charge is 0.378 e. The van der Waals surface area contributed by atoms with Gasteiger partial charge < -0.3 is 15.0 Å². The molecule has 0 unspecified atom stereocenters. The molecular formula is C19H19F3N2O2. The summed E-state index contributed by atoms with van der Waals surface area (Å²) in [5, 5.41) is 2.69. The van der Waals surface area contributed by atoms with Gasteiger partial charge in [-0.1, -0.05) is 12.1 Å². The van der Waals surface area contributed by atoms with Gasteiger partial charge in [-0.05, 0) is 42.8 Å². The molecule has 1 N–H and O–H groups in total. The first kappa shape index (κ1) is 18.3. The molecule has 1 amide bonds. The van der Waals surface area contributed by atoms with E-state index in [2.05, 4.69) is 10.2 Å². The maximum Gasteiger partial charge on any atom is 0.416 e. The predicted molar refractivity (Wildman–Crippen MR) is 93.6 cm³/mol. The van der Waals surface area contributed by atoms with Gasteiger partial charge >= 0.3 is 6.18 Å². The van der Waals surface area contributed by atoms with Crippen LogP contribution in [0.4, 0.5) is 24.5 Å². The minimum Gasteiger partial charge on any atom is -0.378 e. The molecule has 0 aliphatic carbocycles. The Morgan fingerprint density at radius 3 is 2.35 bits per heavy atom. The van der Waals surface area contributed by atoms with Gasteiger partial charge in [0.25, 0.3) is 5.91 Å². The Bertz CT molecular complexity index is 782. The van der Waals surface area contributed by atoms with Crippen LogP contribution in [0, 0.1) is 6.92 Å². The highest BCUT2D eigenvalue weighted by Gasteiger charge is 2.30. The van der Waals surface area contributed by atoms with Crippen molar-refractivity contribution in [3.63, 3.8) is 0 Å². The van der Waals surface area contributed by atoms with Gasteiger partial charge in [-0.15, -0.1) is 0 Å². The molecule has 3 rings (SSSR count). The van der Waals surface area contributed by atoms with Crippen molar-refractivity contribution in [1.82, 2.24) is 0 Å². The molecule has 2 aromatic carbocycles. The van der Waals surface area contributed by atoms with Crippen molar-refractivity contribution in [1.29, 1.82) is 0 Å². The Kier molecular flexibility index (Phi) is 5.18. The maximum atomic E-state index is 12.8. The first-order chi connectivity index (χ1) is 12.4. The zero-order chi connectivity index (χ0) is 18.7. The van der Waals surface area contributed by atoms with Crippen LogP contribution in [0.3, 0.4) is 0 Å². The third-order valence-corrected chi connectivity index (χ3v) is 4.30. The van der Waals surface area contributed by atoms with Crippen LogP contribution in [-0.2, 0) is 10.9 Å². The van der Waals surface area contributed by atoms with Crippen molar-refractivity contribution in [2.75, 3.05) is 36.5 Å². The van der Waals surface area contributed by atoms with Crippen LogP contribution in [0.1, 0.15) is 21.5 Å². The van der Waals surface area contributed by atoms with Crippen LogP contribution in [0.15, 0.2) is 42.5 Å². The summed E-state index contributed by atoms with van der Waals surface area (Å²) in [5.41, 5.74) is 1.70. The van der Waals surface area contributed by atoms with Crippen LogP contribution < -0.4 is 10.2 Å². The number of anilines is 2. The van der Waals surface area contributed by atoms with Crippen LogP contribution >= 0.6 is 0 Å². The SMILES string of the molecule is Cc1cccc(N2CCOCC2)c1C(=O)Nc1ccc(C(F)(F)F)cc1. The number of carbonyl (C=O) groups excluding carboxylic acids is 1. The van der Waals surface area contributed by atoms with E-state index in [1.165, 1.54) is 12.1 Å². The van der Waals surface area contributed by atoms with Gasteiger partial charge in [0, 0.05) is 24.5 Å². The summed E-state index contributed by atoms with van der Waals surface area (Å²) in [6, 6.07) is 10.0. The average molecular weight is 364 g/mol. The lowest BCUT2D eigenvalue weighted by Gasteiger charge is -2.30. The Hall–Kier alpha value is -2.54. The van der Waals surface area contributed by atoms with Gasteiger partial charge in [-0.3, -0.25) is 4.79 Å². The highest BCUT2D eigenvalue weighted by molar-refractivity contribution is 6.09. The Morgan fingerprint density at radius 2 is 1.73 bits per heavy atom. The van der Waals surface area contributed by atoms with E-state index in [-0.39, 0.29) is 5.91 Å². The summed E-state index contributed by atoms with van der Waals surface area (Å²) in [5.74, 6) is -0.343. The van der Waals surface area contributed by atoms with Gasteiger partial charge in [0.2, 0.25) is 0 Å². The van der Waals surface area contributed by atoms with Gasteiger partial charge in [0.1, 0.15) is 0 Å². The molecule has 1 fully saturated rings. The monoisotopic (exact) mass is 364 g/mol. The van der Waals surface area contributed by atoms with Crippen molar-refractivity contribution < 1.29 is 22.7 Å². The van der Waals surface area contributed by atoms with Gasteiger partial charge in [-0.25, -0.2) is 0 Å². The molecule has 7 heteroatoms. The average Bonchev–Trinajstić information content (AvgIpc) is 2.62. The molecule has 4 nitrogen and oxygen atoms in total. The summed E-state index contributed by atoms with van der Waals surface area (Å²) in [6.07, 6.45) is -4.40. The number of halogens is 3. The summed E-state index contributed by atoms with van der Waals surface area (Å²) in [7, 11) is 0. The molecule has 0 spiro atoms. The number of hydrogen-bond donors (Lipinski definition) is 1. The van der Waals surface area contributed by atoms with E-state index in [1.54, 1.807) is 0 Å². The fourth-order valence-electron chi connectivity index (χ4n) is 2.95. The molecule has 1 aliphatic heterocycles. The number of alkyl halides is 3. The minimum absolute atomic E-state index is 0.319. The molecule has 0 radical (unpaired) electrons. The summed E-state index contributed by atoms with van der Waals surface area (Å²) >= 11 is 0. The van der Waals surface area contributed by atoms with Gasteiger partial charge in [0.15, 0.2) is 0 Å². The minimum atomic E-state index is -4.40. The second-order valence-corrected chi connectivity index (χ2v) is 6.10. The molecule has 0 bridgehead atoms. The Balaban J connectivity index is 1.83. The highest BCUT2D eigenvalue weighted by atomic mass is 19.4. The van der Waals surface area contributed by atoms with Gasteiger partial charge in [-0.2, -0.15) is 13.2 Å². The number of morpholine rings is 1. The number of benzene rings is 2. The maximum absolute atomic E-state index is 12.8. The fourth-order valence-corrected chi connectivity index (χ4v) is 2.95. The number of aryl methyl sites for hydroxylation is 1. The normalized spacial score (nSPS) is 15.0. The molecule has 1 aliphatic rings. The number of nitrogens with one attached hydrogen (secondary N) is 1. The van der Waals surface area contributed by atoms with Gasteiger partial charge in [0.05, 0.1) is 24.3 Å². The first-order valence-electron chi connectivity index (χ1n) is 8.27. The van der Waals surface area contributed by atoms with E-state index in [0.29, 0.717) is 37.6 Å². The van der Waals surface area contributed by atoms with E-state index in [1.807, 2.05) is 25.1 Å². The van der Waals surface area contributed by atoms with Crippen LogP contribution in [0.5, 0.6) is 0 Å². The lowest BCUT2D eigenvalue weighted by atomic mass is 10.0. The highest BCUT2D eigenvalue weighted by Crippen LogP contribution is 2.30. The second-order valence-electron chi connectivity index (χ2n) is 6.10. The van der Waals surface area contributed by atoms with Crippen molar-refractivity contribution in [2.24, 2.45) is 0 Å². The number of nitrogens with zero attached hydrogens (tertiary/aromatic N) is 1. The van der Waals surface area contributed by atoms with Crippen molar-refractivity contribution in [3.05, 3.63) is 59.2 Å². The largest absolute Gasteiger partial charge is 0.416 e. The van der Waals surface area contributed by atoms with Crippen molar-refractivity contribution in [2.45, 2.75) is 13.1 Å². The molecule has 138 valence electrons. The fraction of sp³-hybridized carbons (Fsp3) is 0.316. The van der Waals surface area contributed by atoms with E-state index in [0.717, 1.165) is 23.4 Å². The second kappa shape index (κ2) is 7.37. The Morgan fingerprint density at radius 1 is 1.08 bits per heavy atom. The third-order valence-electron chi connectivity index (χ3n) is 4.30. The van der Waals surface area contributed by atoms with E-state index in [9.17, 15) is 18.0 Å². The molecule has 0 aromatic heterocycles. The zero-order valence-electron chi connectivity index (χ0n) is 14.3. The lowest BCUT2D eigenvalue weighted by molar-refractivity contribution is -0.137. The first-order valence-corrected chi connectivity index (χ1v) is 8.27. The van der Waals surface area contributed by atoms with Crippen LogP contribution in [0.2, 0.25) is 0 Å². The molecular weight excluding hydrogens is 345 g/mol. The van der Waals surface area contributed by atoms with Crippen LogP contribution in [-0.4, -0.2) is 32.2 Å². The number of carbonyl (C=O) groups is 1. The summed E-state index contributed by atoms with van der Waals surface area (Å²) < 4.78 is 43.3. The number of hydrogen-bond acceptors (Lipinski definition) is 3. The summed E-state index contributed by atoms with van der Waals surface area (Å²) in [6.45, 7) is 4.39.